The van der Waals surface area contributed by atoms with Crippen molar-refractivity contribution in [3.63, 3.8) is 0 Å². The third-order valence-corrected chi connectivity index (χ3v) is 3.75. The Balaban J connectivity index is 1.94. The van der Waals surface area contributed by atoms with Crippen molar-refractivity contribution in [1.82, 2.24) is 9.78 Å². The lowest BCUT2D eigenvalue weighted by Gasteiger charge is -2.30. The molecule has 3 rings (SSSR count). The number of methoxy groups -OCH3 is 1. The first-order valence-electron chi connectivity index (χ1n) is 6.69. The molecular formula is C15H19N3O2. The highest BCUT2D eigenvalue weighted by atomic mass is 16.5. The Kier molecular flexibility index (Phi) is 3.14. The van der Waals surface area contributed by atoms with Crippen LogP contribution in [0.1, 0.15) is 35.4 Å². The second kappa shape index (κ2) is 4.83. The van der Waals surface area contributed by atoms with E-state index in [1.165, 1.54) is 0 Å². The Labute approximate surface area is 118 Å². The van der Waals surface area contributed by atoms with Crippen molar-refractivity contribution in [2.24, 2.45) is 12.8 Å². The van der Waals surface area contributed by atoms with Crippen molar-refractivity contribution in [3.05, 3.63) is 41.2 Å². The lowest BCUT2D eigenvalue weighted by Crippen LogP contribution is -2.24. The van der Waals surface area contributed by atoms with E-state index in [2.05, 4.69) is 5.10 Å². The smallest absolute Gasteiger partial charge is 0.129 e. The summed E-state index contributed by atoms with van der Waals surface area (Å²) in [5.41, 5.74) is 9.38. The highest BCUT2D eigenvalue weighted by Crippen LogP contribution is 2.41. The van der Waals surface area contributed by atoms with Gasteiger partial charge in [-0.05, 0) is 25.1 Å². The van der Waals surface area contributed by atoms with Gasteiger partial charge in [-0.15, -0.1) is 0 Å². The van der Waals surface area contributed by atoms with Crippen molar-refractivity contribution in [3.8, 4) is 11.5 Å². The molecule has 5 nitrogen and oxygen atoms in total. The van der Waals surface area contributed by atoms with Gasteiger partial charge in [0.15, 0.2) is 0 Å². The number of rotatable bonds is 2. The van der Waals surface area contributed by atoms with Gasteiger partial charge in [0.25, 0.3) is 0 Å². The fourth-order valence-corrected chi connectivity index (χ4v) is 2.73. The lowest BCUT2D eigenvalue weighted by atomic mass is 9.94. The van der Waals surface area contributed by atoms with Crippen molar-refractivity contribution >= 4 is 0 Å². The predicted molar refractivity (Wildman–Crippen MR) is 75.9 cm³/mol. The zero-order chi connectivity index (χ0) is 14.3. The normalized spacial score (nSPS) is 21.2. The minimum atomic E-state index is -0.0570. The first-order chi connectivity index (χ1) is 9.58. The molecule has 0 saturated heterocycles. The van der Waals surface area contributed by atoms with Gasteiger partial charge in [0.1, 0.15) is 17.6 Å². The molecule has 5 heteroatoms. The highest BCUT2D eigenvalue weighted by Gasteiger charge is 2.29. The summed E-state index contributed by atoms with van der Waals surface area (Å²) in [6.45, 7) is 1.99. The molecule has 0 bridgehead atoms. The topological polar surface area (TPSA) is 62.3 Å². The molecule has 1 aliphatic heterocycles. The molecule has 106 valence electrons. The first-order valence-corrected chi connectivity index (χ1v) is 6.69. The molecule has 1 aliphatic rings. The molecule has 0 aliphatic carbocycles. The minimum Gasteiger partial charge on any atom is -0.497 e. The number of nitrogens with two attached hydrogens (primary N) is 1. The van der Waals surface area contributed by atoms with Crippen LogP contribution in [-0.2, 0) is 7.05 Å². The number of aryl methyl sites for hydroxylation is 2. The van der Waals surface area contributed by atoms with E-state index < -0.39 is 0 Å². The Hall–Kier alpha value is -2.01. The van der Waals surface area contributed by atoms with E-state index in [9.17, 15) is 0 Å². The fraction of sp³-hybridized carbons (Fsp3) is 0.400. The van der Waals surface area contributed by atoms with E-state index in [1.54, 1.807) is 7.11 Å². The van der Waals surface area contributed by atoms with E-state index in [-0.39, 0.29) is 12.1 Å². The van der Waals surface area contributed by atoms with Crippen LogP contribution in [0.25, 0.3) is 0 Å². The van der Waals surface area contributed by atoms with Crippen molar-refractivity contribution in [2.45, 2.75) is 25.5 Å². The number of nitrogens with zero attached hydrogens (tertiary/aromatic N) is 2. The molecular weight excluding hydrogens is 254 g/mol. The van der Waals surface area contributed by atoms with Crippen LogP contribution in [-0.4, -0.2) is 16.9 Å². The van der Waals surface area contributed by atoms with Gasteiger partial charge in [0, 0.05) is 36.8 Å². The quantitative estimate of drug-likeness (QED) is 0.911. The van der Waals surface area contributed by atoms with Crippen molar-refractivity contribution in [1.29, 1.82) is 0 Å². The van der Waals surface area contributed by atoms with Crippen LogP contribution in [0.2, 0.25) is 0 Å². The monoisotopic (exact) mass is 273 g/mol. The second-order valence-corrected chi connectivity index (χ2v) is 5.20. The van der Waals surface area contributed by atoms with Crippen LogP contribution >= 0.6 is 0 Å². The Bertz CT molecular complexity index is 636. The number of fused-ring (bicyclic) bond motifs is 1. The van der Waals surface area contributed by atoms with Crippen molar-refractivity contribution in [2.75, 3.05) is 7.11 Å². The predicted octanol–water partition coefficient (Wildman–Crippen LogP) is 2.26. The van der Waals surface area contributed by atoms with Crippen LogP contribution < -0.4 is 15.2 Å². The van der Waals surface area contributed by atoms with Crippen molar-refractivity contribution < 1.29 is 9.47 Å². The van der Waals surface area contributed by atoms with E-state index >= 15 is 0 Å². The molecule has 0 spiro atoms. The van der Waals surface area contributed by atoms with Gasteiger partial charge in [-0.1, -0.05) is 0 Å². The van der Waals surface area contributed by atoms with E-state index in [1.807, 2.05) is 43.0 Å². The molecule has 2 heterocycles. The first kappa shape index (κ1) is 13.0. The Morgan fingerprint density at radius 2 is 2.20 bits per heavy atom. The maximum Gasteiger partial charge on any atom is 0.129 e. The molecule has 0 amide bonds. The maximum atomic E-state index is 6.29. The number of hydrogen-bond donors (Lipinski definition) is 1. The van der Waals surface area contributed by atoms with E-state index in [0.717, 1.165) is 34.7 Å². The molecule has 20 heavy (non-hydrogen) atoms. The van der Waals surface area contributed by atoms with Gasteiger partial charge >= 0.3 is 0 Å². The molecule has 0 radical (unpaired) electrons. The molecule has 0 fully saturated rings. The van der Waals surface area contributed by atoms with Gasteiger partial charge in [0.05, 0.1) is 12.8 Å². The van der Waals surface area contributed by atoms with Crippen LogP contribution in [0.4, 0.5) is 0 Å². The standard InChI is InChI=1S/C15H19N3O2/c1-9-12(8-18(2)17-9)15-7-13(16)11-6-10(19-3)4-5-14(11)20-15/h4-6,8,13,15H,7,16H2,1-3H3/t13-,15?/m0/s1. The molecule has 2 aromatic rings. The lowest BCUT2D eigenvalue weighted by molar-refractivity contribution is 0.160. The van der Waals surface area contributed by atoms with Crippen LogP contribution in [0.3, 0.4) is 0 Å². The third-order valence-electron chi connectivity index (χ3n) is 3.75. The SMILES string of the molecule is COc1ccc2c(c1)[C@@H](N)CC(c1cn(C)nc1C)O2. The van der Waals surface area contributed by atoms with Gasteiger partial charge in [-0.25, -0.2) is 0 Å². The largest absolute Gasteiger partial charge is 0.497 e. The Morgan fingerprint density at radius 3 is 2.85 bits per heavy atom. The van der Waals surface area contributed by atoms with E-state index in [0.29, 0.717) is 0 Å². The molecule has 1 aromatic carbocycles. The second-order valence-electron chi connectivity index (χ2n) is 5.20. The maximum absolute atomic E-state index is 6.29. The van der Waals surface area contributed by atoms with Gasteiger partial charge in [-0.3, -0.25) is 4.68 Å². The summed E-state index contributed by atoms with van der Waals surface area (Å²) in [5.74, 6) is 1.64. The van der Waals surface area contributed by atoms with Gasteiger partial charge in [-0.2, -0.15) is 5.10 Å². The van der Waals surface area contributed by atoms with Crippen LogP contribution in [0.5, 0.6) is 11.5 Å². The van der Waals surface area contributed by atoms with Crippen LogP contribution in [0.15, 0.2) is 24.4 Å². The zero-order valence-corrected chi connectivity index (χ0v) is 12.0. The fourth-order valence-electron chi connectivity index (χ4n) is 2.73. The summed E-state index contributed by atoms with van der Waals surface area (Å²) in [4.78, 5) is 0. The summed E-state index contributed by atoms with van der Waals surface area (Å²) in [6.07, 6.45) is 2.70. The summed E-state index contributed by atoms with van der Waals surface area (Å²) in [7, 11) is 3.57. The highest BCUT2D eigenvalue weighted by molar-refractivity contribution is 5.44. The molecule has 2 N–H and O–H groups in total. The average molecular weight is 273 g/mol. The molecule has 2 atom stereocenters. The van der Waals surface area contributed by atoms with Gasteiger partial charge < -0.3 is 15.2 Å². The van der Waals surface area contributed by atoms with E-state index in [4.69, 9.17) is 15.2 Å². The van der Waals surface area contributed by atoms with Crippen LogP contribution in [0, 0.1) is 6.92 Å². The summed E-state index contributed by atoms with van der Waals surface area (Å²) in [6, 6.07) is 5.71. The Morgan fingerprint density at radius 1 is 1.40 bits per heavy atom. The summed E-state index contributed by atoms with van der Waals surface area (Å²) >= 11 is 0. The average Bonchev–Trinajstić information content (AvgIpc) is 2.77. The number of aromatic nitrogens is 2. The molecule has 1 aromatic heterocycles. The number of ether oxygens (including phenoxy) is 2. The molecule has 0 saturated carbocycles. The summed E-state index contributed by atoms with van der Waals surface area (Å²) in [5, 5.41) is 4.37. The molecule has 1 unspecified atom stereocenters. The minimum absolute atomic E-state index is 0.0420. The summed E-state index contributed by atoms with van der Waals surface area (Å²) < 4.78 is 13.1. The zero-order valence-electron chi connectivity index (χ0n) is 12.0. The number of hydrogen-bond acceptors (Lipinski definition) is 4. The third kappa shape index (κ3) is 2.14. The number of benzene rings is 1. The van der Waals surface area contributed by atoms with Gasteiger partial charge in [0.2, 0.25) is 0 Å².